The normalized spacial score (nSPS) is 11.3. The molecule has 0 unspecified atom stereocenters. The monoisotopic (exact) mass is 490 g/mol. The molecule has 8 nitrogen and oxygen atoms in total. The van der Waals surface area contributed by atoms with Gasteiger partial charge in [-0.15, -0.1) is 0 Å². The number of para-hydroxylation sites is 2. The number of hydrogen-bond donors (Lipinski definition) is 1. The van der Waals surface area contributed by atoms with E-state index >= 15 is 0 Å². The number of hydrogen-bond acceptors (Lipinski definition) is 4. The molecule has 0 aliphatic heterocycles. The molecular weight excluding hydrogens is 464 g/mol. The van der Waals surface area contributed by atoms with Crippen LogP contribution in [0.25, 0.3) is 5.69 Å². The number of nitrogens with zero attached hydrogens (tertiary/aromatic N) is 3. The standard InChI is InChI=1S/C26H26N4O4S/c1-4-29(21-11-7-5-8-12-21)25(31)20-15-17-23(18-16-20)35(33,34)27-24-19(2)28(3)30(26(24)32)22-13-9-6-10-14-22/h5-18,27H,4H2,1-3H3. The third-order valence-corrected chi connectivity index (χ3v) is 7.20. The summed E-state index contributed by atoms with van der Waals surface area (Å²) in [5, 5.41) is 0. The number of anilines is 2. The van der Waals surface area contributed by atoms with Crippen molar-refractivity contribution in [3.05, 3.63) is 107 Å². The van der Waals surface area contributed by atoms with Crippen LogP contribution in [0.5, 0.6) is 0 Å². The maximum absolute atomic E-state index is 13.1. The first kappa shape index (κ1) is 24.0. The summed E-state index contributed by atoms with van der Waals surface area (Å²) in [5.74, 6) is -0.236. The van der Waals surface area contributed by atoms with Crippen LogP contribution in [0.15, 0.2) is 94.6 Å². The van der Waals surface area contributed by atoms with Gasteiger partial charge in [0.2, 0.25) is 0 Å². The molecule has 4 aromatic rings. The summed E-state index contributed by atoms with van der Waals surface area (Å²) >= 11 is 0. The molecule has 0 bridgehead atoms. The molecule has 1 heterocycles. The van der Waals surface area contributed by atoms with Crippen LogP contribution in [0, 0.1) is 6.92 Å². The molecule has 0 aliphatic carbocycles. The molecule has 1 N–H and O–H groups in total. The van der Waals surface area contributed by atoms with E-state index < -0.39 is 15.6 Å². The Morgan fingerprint density at radius 1 is 0.914 bits per heavy atom. The van der Waals surface area contributed by atoms with E-state index in [0.717, 1.165) is 5.69 Å². The zero-order chi connectivity index (χ0) is 25.2. The van der Waals surface area contributed by atoms with E-state index in [0.29, 0.717) is 23.5 Å². The first-order valence-electron chi connectivity index (χ1n) is 11.1. The van der Waals surface area contributed by atoms with E-state index in [9.17, 15) is 18.0 Å². The molecule has 0 saturated carbocycles. The predicted molar refractivity (Wildman–Crippen MR) is 137 cm³/mol. The molecule has 4 rings (SSSR count). The second-order valence-corrected chi connectivity index (χ2v) is 9.63. The van der Waals surface area contributed by atoms with Crippen LogP contribution in [0.3, 0.4) is 0 Å². The van der Waals surface area contributed by atoms with Crippen LogP contribution >= 0.6 is 0 Å². The average molecular weight is 491 g/mol. The average Bonchev–Trinajstić information content (AvgIpc) is 3.08. The second-order valence-electron chi connectivity index (χ2n) is 7.95. The van der Waals surface area contributed by atoms with E-state index in [1.165, 1.54) is 28.9 Å². The Kier molecular flexibility index (Phi) is 6.61. The topological polar surface area (TPSA) is 93.4 Å². The quantitative estimate of drug-likeness (QED) is 0.425. The predicted octanol–water partition coefficient (Wildman–Crippen LogP) is 3.95. The van der Waals surface area contributed by atoms with Crippen molar-refractivity contribution < 1.29 is 13.2 Å². The summed E-state index contributed by atoms with van der Waals surface area (Å²) in [7, 11) is -2.38. The van der Waals surface area contributed by atoms with Crippen molar-refractivity contribution >= 4 is 27.3 Å². The van der Waals surface area contributed by atoms with Crippen molar-refractivity contribution in [1.82, 2.24) is 9.36 Å². The third-order valence-electron chi connectivity index (χ3n) is 5.83. The fourth-order valence-electron chi connectivity index (χ4n) is 3.86. The number of carbonyl (C=O) groups excluding carboxylic acids is 1. The van der Waals surface area contributed by atoms with Crippen LogP contribution < -0.4 is 15.2 Å². The molecule has 0 spiro atoms. The van der Waals surface area contributed by atoms with Crippen LogP contribution in [-0.2, 0) is 17.1 Å². The minimum absolute atomic E-state index is 0.0299. The second kappa shape index (κ2) is 9.63. The maximum atomic E-state index is 13.1. The van der Waals surface area contributed by atoms with Gasteiger partial charge in [-0.1, -0.05) is 36.4 Å². The summed E-state index contributed by atoms with van der Waals surface area (Å²) in [6, 6.07) is 23.9. The van der Waals surface area contributed by atoms with Gasteiger partial charge in [0.15, 0.2) is 0 Å². The molecule has 1 aromatic heterocycles. The maximum Gasteiger partial charge on any atom is 0.296 e. The highest BCUT2D eigenvalue weighted by Crippen LogP contribution is 2.21. The Morgan fingerprint density at radius 2 is 1.49 bits per heavy atom. The van der Waals surface area contributed by atoms with Gasteiger partial charge in [-0.2, -0.15) is 0 Å². The van der Waals surface area contributed by atoms with Crippen LogP contribution in [0.4, 0.5) is 11.4 Å². The Balaban J connectivity index is 1.61. The summed E-state index contributed by atoms with van der Waals surface area (Å²) in [6.45, 7) is 4.01. The smallest absolute Gasteiger partial charge is 0.296 e. The van der Waals surface area contributed by atoms with E-state index in [4.69, 9.17) is 0 Å². The van der Waals surface area contributed by atoms with E-state index in [1.54, 1.807) is 47.8 Å². The highest BCUT2D eigenvalue weighted by atomic mass is 32.2. The summed E-state index contributed by atoms with van der Waals surface area (Å²) in [6.07, 6.45) is 0. The number of benzene rings is 3. The van der Waals surface area contributed by atoms with Crippen LogP contribution in [0.2, 0.25) is 0 Å². The third kappa shape index (κ3) is 4.63. The zero-order valence-corrected chi connectivity index (χ0v) is 20.5. The SMILES string of the molecule is CCN(C(=O)c1ccc(S(=O)(=O)Nc2c(C)n(C)n(-c3ccccc3)c2=O)cc1)c1ccccc1. The molecule has 0 aliphatic rings. The summed E-state index contributed by atoms with van der Waals surface area (Å²) < 4.78 is 31.6. The van der Waals surface area contributed by atoms with Gasteiger partial charge >= 0.3 is 0 Å². The number of sulfonamides is 1. The molecule has 0 fully saturated rings. The first-order chi connectivity index (χ1) is 16.7. The van der Waals surface area contributed by atoms with Gasteiger partial charge in [-0.25, -0.2) is 13.1 Å². The lowest BCUT2D eigenvalue weighted by molar-refractivity contribution is 0.0988. The molecule has 1 amide bonds. The van der Waals surface area contributed by atoms with Gasteiger partial charge in [-0.3, -0.25) is 19.0 Å². The van der Waals surface area contributed by atoms with Crippen LogP contribution in [0.1, 0.15) is 23.0 Å². The van der Waals surface area contributed by atoms with Gasteiger partial charge in [0.25, 0.3) is 21.5 Å². The highest BCUT2D eigenvalue weighted by molar-refractivity contribution is 7.92. The van der Waals surface area contributed by atoms with Gasteiger partial charge in [0, 0.05) is 24.8 Å². The zero-order valence-electron chi connectivity index (χ0n) is 19.7. The van der Waals surface area contributed by atoms with Crippen molar-refractivity contribution in [2.24, 2.45) is 7.05 Å². The van der Waals surface area contributed by atoms with Crippen LogP contribution in [-0.4, -0.2) is 30.2 Å². The van der Waals surface area contributed by atoms with Crippen molar-refractivity contribution in [3.8, 4) is 5.69 Å². The Morgan fingerprint density at radius 3 is 2.06 bits per heavy atom. The lowest BCUT2D eigenvalue weighted by Crippen LogP contribution is -2.30. The Bertz CT molecular complexity index is 1510. The molecular formula is C26H26N4O4S. The minimum Gasteiger partial charge on any atom is -0.309 e. The fourth-order valence-corrected chi connectivity index (χ4v) is 4.98. The lowest BCUT2D eigenvalue weighted by Gasteiger charge is -2.21. The molecule has 180 valence electrons. The number of aromatic nitrogens is 2. The lowest BCUT2D eigenvalue weighted by atomic mass is 10.2. The van der Waals surface area contributed by atoms with Gasteiger partial charge in [0.05, 0.1) is 16.3 Å². The molecule has 3 aromatic carbocycles. The van der Waals surface area contributed by atoms with Gasteiger partial charge in [0.1, 0.15) is 5.69 Å². The van der Waals surface area contributed by atoms with Crippen molar-refractivity contribution in [1.29, 1.82) is 0 Å². The largest absolute Gasteiger partial charge is 0.309 e. The number of rotatable bonds is 7. The highest BCUT2D eigenvalue weighted by Gasteiger charge is 2.23. The number of amides is 1. The minimum atomic E-state index is -4.07. The first-order valence-corrected chi connectivity index (χ1v) is 12.6. The van der Waals surface area contributed by atoms with E-state index in [-0.39, 0.29) is 16.5 Å². The molecule has 9 heteroatoms. The fraction of sp³-hybridized carbons (Fsp3) is 0.154. The molecule has 35 heavy (non-hydrogen) atoms. The molecule has 0 saturated heterocycles. The van der Waals surface area contributed by atoms with Crippen molar-refractivity contribution in [2.75, 3.05) is 16.2 Å². The number of nitrogens with one attached hydrogen (secondary N) is 1. The van der Waals surface area contributed by atoms with E-state index in [1.807, 2.05) is 43.3 Å². The van der Waals surface area contributed by atoms with E-state index in [2.05, 4.69) is 4.72 Å². The molecule has 0 atom stereocenters. The van der Waals surface area contributed by atoms with Crippen molar-refractivity contribution in [2.45, 2.75) is 18.7 Å². The van der Waals surface area contributed by atoms with Gasteiger partial charge in [-0.05, 0) is 62.4 Å². The summed E-state index contributed by atoms with van der Waals surface area (Å²) in [4.78, 5) is 27.6. The Labute approximate surface area is 204 Å². The summed E-state index contributed by atoms with van der Waals surface area (Å²) in [5.41, 5.74) is 1.70. The van der Waals surface area contributed by atoms with Gasteiger partial charge < -0.3 is 4.90 Å². The molecule has 0 radical (unpaired) electrons. The Hall–Kier alpha value is -4.11. The van der Waals surface area contributed by atoms with Crippen molar-refractivity contribution in [3.63, 3.8) is 0 Å². The number of carbonyl (C=O) groups is 1.